The number of halogens is 1. The lowest BCUT2D eigenvalue weighted by Crippen LogP contribution is -2.38. The minimum atomic E-state index is 0.775. The number of nitrogens with one attached hydrogen (secondary N) is 1. The van der Waals surface area contributed by atoms with Crippen LogP contribution in [0.15, 0.2) is 24.3 Å². The van der Waals surface area contributed by atoms with E-state index in [-0.39, 0.29) is 0 Å². The third kappa shape index (κ3) is 5.80. The van der Waals surface area contributed by atoms with Crippen molar-refractivity contribution in [3.8, 4) is 0 Å². The van der Waals surface area contributed by atoms with Crippen LogP contribution in [0.25, 0.3) is 0 Å². The minimum Gasteiger partial charge on any atom is -0.303 e. The molecule has 2 heterocycles. The molecule has 0 bridgehead atoms. The van der Waals surface area contributed by atoms with E-state index in [1.54, 1.807) is 0 Å². The highest BCUT2D eigenvalue weighted by Gasteiger charge is 2.20. The van der Waals surface area contributed by atoms with E-state index in [4.69, 9.17) is 11.6 Å². The van der Waals surface area contributed by atoms with E-state index in [2.05, 4.69) is 44.2 Å². The summed E-state index contributed by atoms with van der Waals surface area (Å²) in [7, 11) is 2.17. The van der Waals surface area contributed by atoms with Gasteiger partial charge in [0.15, 0.2) is 5.82 Å². The van der Waals surface area contributed by atoms with Gasteiger partial charge in [-0.1, -0.05) is 23.7 Å². The number of piperidine rings is 1. The molecule has 25 heavy (non-hydrogen) atoms. The molecule has 136 valence electrons. The van der Waals surface area contributed by atoms with Crippen molar-refractivity contribution in [2.45, 2.75) is 32.7 Å². The first-order valence-corrected chi connectivity index (χ1v) is 9.49. The molecule has 0 unspecified atom stereocenters. The normalized spacial score (nSPS) is 16.6. The van der Waals surface area contributed by atoms with E-state index >= 15 is 0 Å². The van der Waals surface area contributed by atoms with E-state index in [0.717, 1.165) is 48.6 Å². The first-order valence-electron chi connectivity index (χ1n) is 9.11. The summed E-state index contributed by atoms with van der Waals surface area (Å²) >= 11 is 5.95. The van der Waals surface area contributed by atoms with Crippen LogP contribution in [0, 0.1) is 12.8 Å². The quantitative estimate of drug-likeness (QED) is 0.823. The Balaban J connectivity index is 1.36. The molecule has 6 heteroatoms. The number of hydrogen-bond donors (Lipinski definition) is 1. The van der Waals surface area contributed by atoms with Crippen molar-refractivity contribution in [3.63, 3.8) is 0 Å². The summed E-state index contributed by atoms with van der Waals surface area (Å²) in [6, 6.07) is 8.23. The van der Waals surface area contributed by atoms with Crippen molar-refractivity contribution in [3.05, 3.63) is 46.5 Å². The zero-order valence-corrected chi connectivity index (χ0v) is 16.0. The van der Waals surface area contributed by atoms with E-state index in [9.17, 15) is 0 Å². The van der Waals surface area contributed by atoms with Crippen LogP contribution in [-0.4, -0.2) is 58.2 Å². The molecule has 1 aliphatic rings. The molecule has 1 aromatic carbocycles. The summed E-state index contributed by atoms with van der Waals surface area (Å²) in [5.74, 6) is 2.55. The van der Waals surface area contributed by atoms with Crippen LogP contribution in [0.2, 0.25) is 5.02 Å². The Labute approximate surface area is 155 Å². The van der Waals surface area contributed by atoms with E-state index in [1.807, 2.05) is 19.1 Å². The lowest BCUT2D eigenvalue weighted by molar-refractivity contribution is 0.152. The number of aromatic amines is 1. The van der Waals surface area contributed by atoms with Crippen molar-refractivity contribution in [2.24, 2.45) is 5.92 Å². The van der Waals surface area contributed by atoms with Crippen molar-refractivity contribution >= 4 is 11.6 Å². The van der Waals surface area contributed by atoms with Crippen molar-refractivity contribution in [1.82, 2.24) is 25.0 Å². The Bertz CT molecular complexity index is 646. The van der Waals surface area contributed by atoms with Gasteiger partial charge in [0.1, 0.15) is 5.82 Å². The first kappa shape index (κ1) is 18.4. The maximum atomic E-state index is 5.95. The number of likely N-dealkylation sites (tertiary alicyclic amines) is 1. The highest BCUT2D eigenvalue weighted by atomic mass is 35.5. The summed E-state index contributed by atoms with van der Waals surface area (Å²) in [6.45, 7) is 7.42. The van der Waals surface area contributed by atoms with Crippen molar-refractivity contribution in [2.75, 3.05) is 33.2 Å². The van der Waals surface area contributed by atoms with Gasteiger partial charge in [-0.15, -0.1) is 0 Å². The smallest absolute Gasteiger partial charge is 0.164 e. The van der Waals surface area contributed by atoms with Crippen LogP contribution in [0.1, 0.15) is 30.1 Å². The van der Waals surface area contributed by atoms with Crippen LogP contribution in [0.4, 0.5) is 0 Å². The SMILES string of the molecule is Cc1nc(CN(C)CC2CCN(CCc3ccc(Cl)cc3)CC2)n[nH]1. The molecular weight excluding hydrogens is 334 g/mol. The van der Waals surface area contributed by atoms with Gasteiger partial charge in [0.05, 0.1) is 6.54 Å². The monoisotopic (exact) mass is 361 g/mol. The lowest BCUT2D eigenvalue weighted by atomic mass is 9.96. The van der Waals surface area contributed by atoms with Gasteiger partial charge in [-0.3, -0.25) is 10.00 Å². The molecule has 0 aliphatic carbocycles. The number of nitrogens with zero attached hydrogens (tertiary/aromatic N) is 4. The fraction of sp³-hybridized carbons (Fsp3) is 0.579. The first-order chi connectivity index (χ1) is 12.1. The Morgan fingerprint density at radius 1 is 1.24 bits per heavy atom. The second-order valence-electron chi connectivity index (χ2n) is 7.20. The summed E-state index contributed by atoms with van der Waals surface area (Å²) in [4.78, 5) is 9.32. The van der Waals surface area contributed by atoms with Crippen LogP contribution >= 0.6 is 11.6 Å². The van der Waals surface area contributed by atoms with Gasteiger partial charge in [0, 0.05) is 18.1 Å². The van der Waals surface area contributed by atoms with Gasteiger partial charge in [-0.2, -0.15) is 5.10 Å². The van der Waals surface area contributed by atoms with Crippen LogP contribution in [0.5, 0.6) is 0 Å². The molecule has 3 rings (SSSR count). The standard InChI is InChI=1S/C19H28ClN5/c1-15-21-19(23-22-15)14-24(2)13-17-8-11-25(12-9-17)10-7-16-3-5-18(20)6-4-16/h3-6,17H,7-14H2,1-2H3,(H,21,22,23). The molecule has 1 fully saturated rings. The zero-order valence-electron chi connectivity index (χ0n) is 15.2. The highest BCUT2D eigenvalue weighted by molar-refractivity contribution is 6.30. The number of hydrogen-bond acceptors (Lipinski definition) is 4. The second kappa shape index (κ2) is 8.79. The van der Waals surface area contributed by atoms with E-state index < -0.39 is 0 Å². The Hall–Kier alpha value is -1.43. The molecule has 1 aliphatic heterocycles. The van der Waals surface area contributed by atoms with Gasteiger partial charge in [0.25, 0.3) is 0 Å². The van der Waals surface area contributed by atoms with E-state index in [1.165, 1.54) is 31.5 Å². The Kier molecular flexibility index (Phi) is 6.45. The van der Waals surface area contributed by atoms with Crippen molar-refractivity contribution < 1.29 is 0 Å². The van der Waals surface area contributed by atoms with Gasteiger partial charge in [0.2, 0.25) is 0 Å². The van der Waals surface area contributed by atoms with Gasteiger partial charge in [-0.25, -0.2) is 4.98 Å². The fourth-order valence-electron chi connectivity index (χ4n) is 3.54. The van der Waals surface area contributed by atoms with E-state index in [0.29, 0.717) is 0 Å². The molecule has 1 aromatic heterocycles. The predicted molar refractivity (Wildman–Crippen MR) is 102 cm³/mol. The van der Waals surface area contributed by atoms with Crippen LogP contribution in [0.3, 0.4) is 0 Å². The molecule has 0 spiro atoms. The molecule has 2 aromatic rings. The maximum absolute atomic E-state index is 5.95. The zero-order chi connectivity index (χ0) is 17.6. The largest absolute Gasteiger partial charge is 0.303 e. The maximum Gasteiger partial charge on any atom is 0.164 e. The molecular formula is C19H28ClN5. The van der Waals surface area contributed by atoms with Crippen LogP contribution < -0.4 is 0 Å². The summed E-state index contributed by atoms with van der Waals surface area (Å²) < 4.78 is 0. The topological polar surface area (TPSA) is 48.1 Å². The third-order valence-corrected chi connectivity index (χ3v) is 5.21. The molecule has 1 saturated heterocycles. The molecule has 0 saturated carbocycles. The lowest BCUT2D eigenvalue weighted by Gasteiger charge is -2.33. The molecule has 0 radical (unpaired) electrons. The molecule has 5 nitrogen and oxygen atoms in total. The number of benzene rings is 1. The summed E-state index contributed by atoms with van der Waals surface area (Å²) in [5, 5.41) is 7.95. The Morgan fingerprint density at radius 3 is 2.60 bits per heavy atom. The average molecular weight is 362 g/mol. The summed E-state index contributed by atoms with van der Waals surface area (Å²) in [5.41, 5.74) is 1.37. The fourth-order valence-corrected chi connectivity index (χ4v) is 3.66. The molecule has 0 amide bonds. The van der Waals surface area contributed by atoms with Crippen LogP contribution in [-0.2, 0) is 13.0 Å². The van der Waals surface area contributed by atoms with Crippen molar-refractivity contribution in [1.29, 1.82) is 0 Å². The molecule has 1 N–H and O–H groups in total. The third-order valence-electron chi connectivity index (χ3n) is 4.96. The second-order valence-corrected chi connectivity index (χ2v) is 7.63. The summed E-state index contributed by atoms with van der Waals surface area (Å²) in [6.07, 6.45) is 3.65. The number of aryl methyl sites for hydroxylation is 1. The average Bonchev–Trinajstić information content (AvgIpc) is 3.00. The Morgan fingerprint density at radius 2 is 1.96 bits per heavy atom. The predicted octanol–water partition coefficient (Wildman–Crippen LogP) is 3.15. The number of rotatable bonds is 7. The van der Waals surface area contributed by atoms with Gasteiger partial charge >= 0.3 is 0 Å². The number of aromatic nitrogens is 3. The molecule has 0 atom stereocenters. The number of H-pyrrole nitrogens is 1. The minimum absolute atomic E-state index is 0.775. The van der Waals surface area contributed by atoms with Gasteiger partial charge < -0.3 is 4.90 Å². The van der Waals surface area contributed by atoms with Gasteiger partial charge in [-0.05, 0) is 69.9 Å². The highest BCUT2D eigenvalue weighted by Crippen LogP contribution is 2.19.